The Morgan fingerprint density at radius 1 is 1.26 bits per heavy atom. The smallest absolute Gasteiger partial charge is 0.247 e. The van der Waals surface area contributed by atoms with Gasteiger partial charge in [0.1, 0.15) is 5.75 Å². The van der Waals surface area contributed by atoms with E-state index >= 15 is 0 Å². The zero-order valence-corrected chi connectivity index (χ0v) is 12.9. The normalized spacial score (nSPS) is 10.0. The fourth-order valence-corrected chi connectivity index (χ4v) is 1.83. The number of rotatable bonds is 4. The van der Waals surface area contributed by atoms with E-state index in [0.717, 1.165) is 4.68 Å². The molecule has 1 aromatic carbocycles. The predicted octanol–water partition coefficient (Wildman–Crippen LogP) is 1.13. The van der Waals surface area contributed by atoms with Gasteiger partial charge in [0, 0.05) is 13.8 Å². The van der Waals surface area contributed by atoms with Crippen molar-refractivity contribution in [1.29, 1.82) is 5.41 Å². The van der Waals surface area contributed by atoms with Gasteiger partial charge in [-0.25, -0.2) is 0 Å². The molecule has 3 N–H and O–H groups in total. The van der Waals surface area contributed by atoms with Crippen molar-refractivity contribution < 1.29 is 14.3 Å². The van der Waals surface area contributed by atoms with E-state index in [1.54, 1.807) is 24.3 Å². The van der Waals surface area contributed by atoms with Crippen LogP contribution in [0.1, 0.15) is 18.6 Å². The van der Waals surface area contributed by atoms with Crippen LogP contribution in [0.4, 0.5) is 17.5 Å². The lowest BCUT2D eigenvalue weighted by Crippen LogP contribution is -2.32. The van der Waals surface area contributed by atoms with Crippen molar-refractivity contribution in [2.45, 2.75) is 13.8 Å². The molecule has 9 heteroatoms. The SMILES string of the molecule is COc1ccccc1Nc1nc(NC(C)=O)c(=N)n(C(C)=O)n1. The molecule has 0 atom stereocenters. The molecular weight excluding hydrogens is 300 g/mol. The summed E-state index contributed by atoms with van der Waals surface area (Å²) in [5.74, 6) is -0.353. The van der Waals surface area contributed by atoms with Gasteiger partial charge < -0.3 is 15.4 Å². The molecule has 2 rings (SSSR count). The monoisotopic (exact) mass is 316 g/mol. The molecule has 0 aliphatic heterocycles. The molecule has 1 aromatic heterocycles. The number of aromatic nitrogens is 3. The van der Waals surface area contributed by atoms with Crippen LogP contribution >= 0.6 is 0 Å². The molecule has 2 aromatic rings. The number of carbonyl (C=O) groups excluding carboxylic acids is 2. The summed E-state index contributed by atoms with van der Waals surface area (Å²) in [6.45, 7) is 2.54. The fourth-order valence-electron chi connectivity index (χ4n) is 1.83. The number of para-hydroxylation sites is 2. The van der Waals surface area contributed by atoms with E-state index in [1.807, 2.05) is 0 Å². The molecule has 0 saturated heterocycles. The van der Waals surface area contributed by atoms with Crippen molar-refractivity contribution in [2.24, 2.45) is 0 Å². The van der Waals surface area contributed by atoms with E-state index in [4.69, 9.17) is 10.1 Å². The molecule has 1 amide bonds. The van der Waals surface area contributed by atoms with Gasteiger partial charge in [-0.1, -0.05) is 12.1 Å². The van der Waals surface area contributed by atoms with E-state index in [2.05, 4.69) is 20.7 Å². The van der Waals surface area contributed by atoms with Gasteiger partial charge in [-0.3, -0.25) is 15.0 Å². The number of carbonyl (C=O) groups is 2. The summed E-state index contributed by atoms with van der Waals surface area (Å²) in [6.07, 6.45) is 0. The molecule has 1 heterocycles. The Morgan fingerprint density at radius 3 is 2.57 bits per heavy atom. The number of ether oxygens (including phenoxy) is 1. The maximum absolute atomic E-state index is 11.6. The minimum atomic E-state index is -0.480. The van der Waals surface area contributed by atoms with Crippen LogP contribution in [-0.4, -0.2) is 33.7 Å². The highest BCUT2D eigenvalue weighted by Gasteiger charge is 2.13. The Labute approximate surface area is 131 Å². The lowest BCUT2D eigenvalue weighted by atomic mass is 10.3. The third-order valence-corrected chi connectivity index (χ3v) is 2.79. The van der Waals surface area contributed by atoms with Crippen LogP contribution in [0, 0.1) is 5.41 Å². The van der Waals surface area contributed by atoms with Crippen molar-refractivity contribution >= 4 is 29.3 Å². The zero-order valence-electron chi connectivity index (χ0n) is 12.9. The van der Waals surface area contributed by atoms with Gasteiger partial charge in [0.2, 0.25) is 17.8 Å². The first-order valence-corrected chi connectivity index (χ1v) is 6.67. The molecule has 0 bridgehead atoms. The second-order valence-corrected chi connectivity index (χ2v) is 4.57. The number of hydrogen-bond donors (Lipinski definition) is 3. The topological polar surface area (TPSA) is 122 Å². The van der Waals surface area contributed by atoms with Gasteiger partial charge in [-0.15, -0.1) is 5.10 Å². The Hall–Kier alpha value is -3.23. The van der Waals surface area contributed by atoms with Gasteiger partial charge in [0.15, 0.2) is 11.3 Å². The summed E-state index contributed by atoms with van der Waals surface area (Å²) >= 11 is 0. The second-order valence-electron chi connectivity index (χ2n) is 4.57. The maximum atomic E-state index is 11.6. The third-order valence-electron chi connectivity index (χ3n) is 2.79. The lowest BCUT2D eigenvalue weighted by molar-refractivity contribution is -0.114. The first kappa shape index (κ1) is 16.1. The minimum Gasteiger partial charge on any atom is -0.495 e. The highest BCUT2D eigenvalue weighted by atomic mass is 16.5. The predicted molar refractivity (Wildman–Crippen MR) is 82.8 cm³/mol. The van der Waals surface area contributed by atoms with Crippen LogP contribution in [0.15, 0.2) is 24.3 Å². The van der Waals surface area contributed by atoms with E-state index in [-0.39, 0.29) is 17.3 Å². The summed E-state index contributed by atoms with van der Waals surface area (Å²) in [5.41, 5.74) is 0.273. The molecule has 9 nitrogen and oxygen atoms in total. The van der Waals surface area contributed by atoms with Crippen LogP contribution in [0.25, 0.3) is 0 Å². The van der Waals surface area contributed by atoms with E-state index in [1.165, 1.54) is 21.0 Å². The molecule has 0 aliphatic rings. The summed E-state index contributed by atoms with van der Waals surface area (Å²) in [6, 6.07) is 7.08. The van der Waals surface area contributed by atoms with Crippen molar-refractivity contribution in [2.75, 3.05) is 17.7 Å². The van der Waals surface area contributed by atoms with Crippen LogP contribution in [0.3, 0.4) is 0 Å². The Bertz CT molecular complexity index is 814. The Morgan fingerprint density at radius 2 is 1.96 bits per heavy atom. The minimum absolute atomic E-state index is 0.0458. The average molecular weight is 316 g/mol. The number of anilines is 3. The molecule has 0 unspecified atom stereocenters. The Balaban J connectivity index is 2.49. The molecule has 0 fully saturated rings. The number of hydrogen-bond acceptors (Lipinski definition) is 7. The van der Waals surface area contributed by atoms with Crippen LogP contribution in [-0.2, 0) is 4.79 Å². The number of methoxy groups -OCH3 is 1. The van der Waals surface area contributed by atoms with Gasteiger partial charge >= 0.3 is 0 Å². The zero-order chi connectivity index (χ0) is 17.0. The van der Waals surface area contributed by atoms with Gasteiger partial charge in [0.05, 0.1) is 12.8 Å². The van der Waals surface area contributed by atoms with Crippen molar-refractivity contribution in [3.8, 4) is 5.75 Å². The molecule has 120 valence electrons. The molecule has 0 saturated carbocycles. The highest BCUT2D eigenvalue weighted by Crippen LogP contribution is 2.25. The van der Waals surface area contributed by atoms with Crippen LogP contribution < -0.4 is 20.9 Å². The van der Waals surface area contributed by atoms with Gasteiger partial charge in [-0.05, 0) is 12.1 Å². The molecule has 0 spiro atoms. The molecule has 0 radical (unpaired) electrons. The van der Waals surface area contributed by atoms with Gasteiger partial charge in [0.25, 0.3) is 0 Å². The van der Waals surface area contributed by atoms with Crippen LogP contribution in [0.5, 0.6) is 5.75 Å². The third kappa shape index (κ3) is 3.70. The quantitative estimate of drug-likeness (QED) is 0.777. The number of nitrogens with one attached hydrogen (secondary N) is 3. The largest absolute Gasteiger partial charge is 0.495 e. The van der Waals surface area contributed by atoms with Gasteiger partial charge in [-0.2, -0.15) is 9.67 Å². The van der Waals surface area contributed by atoms with Crippen molar-refractivity contribution in [1.82, 2.24) is 14.8 Å². The molecule has 23 heavy (non-hydrogen) atoms. The first-order chi connectivity index (χ1) is 10.9. The standard InChI is InChI=1S/C14H16N6O3/c1-8(21)16-13-12(15)20(9(2)22)19-14(18-13)17-10-6-4-5-7-11(10)23-3/h4-7,15H,1-3H3,(H2,16,17,18,19,21). The number of benzene rings is 1. The number of amides is 1. The van der Waals surface area contributed by atoms with Crippen molar-refractivity contribution in [3.63, 3.8) is 0 Å². The second kappa shape index (κ2) is 6.69. The molecular formula is C14H16N6O3. The summed E-state index contributed by atoms with van der Waals surface area (Å²) < 4.78 is 6.06. The summed E-state index contributed by atoms with van der Waals surface area (Å²) in [7, 11) is 1.52. The van der Waals surface area contributed by atoms with Crippen LogP contribution in [0.2, 0.25) is 0 Å². The average Bonchev–Trinajstić information content (AvgIpc) is 2.50. The van der Waals surface area contributed by atoms with E-state index in [9.17, 15) is 9.59 Å². The fraction of sp³-hybridized carbons (Fsp3) is 0.214. The van der Waals surface area contributed by atoms with Crippen molar-refractivity contribution in [3.05, 3.63) is 29.8 Å². The maximum Gasteiger partial charge on any atom is 0.247 e. The van der Waals surface area contributed by atoms with E-state index < -0.39 is 11.8 Å². The summed E-state index contributed by atoms with van der Waals surface area (Å²) in [4.78, 5) is 26.9. The highest BCUT2D eigenvalue weighted by molar-refractivity contribution is 5.88. The lowest BCUT2D eigenvalue weighted by Gasteiger charge is -2.12. The van der Waals surface area contributed by atoms with E-state index in [0.29, 0.717) is 11.4 Å². The first-order valence-electron chi connectivity index (χ1n) is 6.67. The summed E-state index contributed by atoms with van der Waals surface area (Å²) in [5, 5.41) is 17.1. The number of nitrogens with zero attached hydrogens (tertiary/aromatic N) is 3. The molecule has 0 aliphatic carbocycles. The Kier molecular flexibility index (Phi) is 4.69.